The molecule has 0 fully saturated rings. The Hall–Kier alpha value is -3.95. The molecule has 150 valence electrons. The number of hydrogen-bond donors (Lipinski definition) is 1. The number of nitro groups is 1. The molecule has 0 saturated carbocycles. The normalized spacial score (nSPS) is 13.0. The summed E-state index contributed by atoms with van der Waals surface area (Å²) in [4.78, 5) is 47.8. The first-order valence-corrected chi connectivity index (χ1v) is 8.66. The third-order valence-corrected chi connectivity index (χ3v) is 4.02. The molecule has 2 amide bonds. The molecule has 29 heavy (non-hydrogen) atoms. The minimum atomic E-state index is -0.774. The van der Waals surface area contributed by atoms with Crippen LogP contribution < -0.4 is 15.0 Å². The molecule has 10 heteroatoms. The van der Waals surface area contributed by atoms with Crippen LogP contribution >= 0.6 is 0 Å². The summed E-state index contributed by atoms with van der Waals surface area (Å²) in [5.74, 6) is -1.25. The predicted octanol–water partition coefficient (Wildman–Crippen LogP) is 1.89. The van der Waals surface area contributed by atoms with Gasteiger partial charge < -0.3 is 14.8 Å². The Kier molecular flexibility index (Phi) is 6.03. The molecule has 3 rings (SSSR count). The van der Waals surface area contributed by atoms with Gasteiger partial charge in [-0.05, 0) is 18.2 Å². The Morgan fingerprint density at radius 1 is 1.21 bits per heavy atom. The van der Waals surface area contributed by atoms with Crippen LogP contribution in [-0.4, -0.2) is 42.5 Å². The third-order valence-electron chi connectivity index (χ3n) is 4.02. The Labute approximate surface area is 165 Å². The highest BCUT2D eigenvalue weighted by Crippen LogP contribution is 2.30. The molecule has 0 unspecified atom stereocenters. The number of nitro benzene ring substituents is 1. The number of nitrogens with one attached hydrogen (secondary N) is 1. The lowest BCUT2D eigenvalue weighted by atomic mass is 10.2. The number of para-hydroxylation sites is 2. The molecule has 0 aromatic heterocycles. The SMILES string of the molecule is O=C(COC(=O)CN1C(=O)CCOc2ccccc21)Nc1cccc([N+](=O)[O-])c1. The lowest BCUT2D eigenvalue weighted by molar-refractivity contribution is -0.384. The smallest absolute Gasteiger partial charge is 0.326 e. The first-order chi connectivity index (χ1) is 13.9. The third kappa shape index (κ3) is 5.06. The average molecular weight is 399 g/mol. The number of amides is 2. The summed E-state index contributed by atoms with van der Waals surface area (Å²) in [5, 5.41) is 13.2. The number of ether oxygens (including phenoxy) is 2. The zero-order valence-electron chi connectivity index (χ0n) is 15.2. The number of anilines is 2. The number of rotatable bonds is 6. The van der Waals surface area contributed by atoms with Crippen molar-refractivity contribution >= 4 is 34.8 Å². The largest absolute Gasteiger partial charge is 0.491 e. The van der Waals surface area contributed by atoms with Crippen LogP contribution in [0, 0.1) is 10.1 Å². The van der Waals surface area contributed by atoms with E-state index in [1.54, 1.807) is 24.3 Å². The van der Waals surface area contributed by atoms with Gasteiger partial charge in [-0.15, -0.1) is 0 Å². The van der Waals surface area contributed by atoms with Crippen molar-refractivity contribution in [2.24, 2.45) is 0 Å². The lowest BCUT2D eigenvalue weighted by Crippen LogP contribution is -2.36. The predicted molar refractivity (Wildman–Crippen MR) is 102 cm³/mol. The molecule has 1 aliphatic heterocycles. The number of esters is 1. The molecule has 0 aliphatic carbocycles. The second kappa shape index (κ2) is 8.83. The molecular formula is C19H17N3O7. The van der Waals surface area contributed by atoms with Gasteiger partial charge in [0.1, 0.15) is 12.3 Å². The van der Waals surface area contributed by atoms with Crippen molar-refractivity contribution in [3.63, 3.8) is 0 Å². The molecular weight excluding hydrogens is 382 g/mol. The van der Waals surface area contributed by atoms with Crippen LogP contribution in [0.3, 0.4) is 0 Å². The number of non-ortho nitro benzene ring substituents is 1. The Balaban J connectivity index is 1.57. The zero-order chi connectivity index (χ0) is 20.8. The molecule has 1 heterocycles. The first kappa shape index (κ1) is 19.8. The quantitative estimate of drug-likeness (QED) is 0.446. The van der Waals surface area contributed by atoms with Crippen LogP contribution in [0.25, 0.3) is 0 Å². The van der Waals surface area contributed by atoms with E-state index >= 15 is 0 Å². The molecule has 0 bridgehead atoms. The van der Waals surface area contributed by atoms with E-state index < -0.39 is 23.4 Å². The molecule has 0 spiro atoms. The van der Waals surface area contributed by atoms with Crippen LogP contribution in [0.5, 0.6) is 5.75 Å². The van der Waals surface area contributed by atoms with Crippen molar-refractivity contribution in [3.8, 4) is 5.75 Å². The van der Waals surface area contributed by atoms with E-state index in [1.807, 2.05) is 0 Å². The second-order valence-electron chi connectivity index (χ2n) is 6.06. The van der Waals surface area contributed by atoms with E-state index in [-0.39, 0.29) is 36.9 Å². The standard InChI is InChI=1S/C19H17N3O7/c23-17(20-13-4-3-5-14(10-13)22(26)27)12-29-19(25)11-21-15-6-1-2-7-16(15)28-9-8-18(21)24/h1-7,10H,8-9,11-12H2,(H,20,23). The Morgan fingerprint density at radius 2 is 2.00 bits per heavy atom. The number of carbonyl (C=O) groups excluding carboxylic acids is 3. The Morgan fingerprint density at radius 3 is 2.79 bits per heavy atom. The minimum Gasteiger partial charge on any atom is -0.491 e. The number of fused-ring (bicyclic) bond motifs is 1. The fourth-order valence-electron chi connectivity index (χ4n) is 2.71. The van der Waals surface area contributed by atoms with Crippen LogP contribution in [0.15, 0.2) is 48.5 Å². The maximum absolute atomic E-state index is 12.3. The molecule has 0 saturated heterocycles. The van der Waals surface area contributed by atoms with Crippen LogP contribution in [0.1, 0.15) is 6.42 Å². The van der Waals surface area contributed by atoms with Crippen molar-refractivity contribution < 1.29 is 28.8 Å². The van der Waals surface area contributed by atoms with Gasteiger partial charge in [0.15, 0.2) is 6.61 Å². The van der Waals surface area contributed by atoms with Crippen molar-refractivity contribution in [1.82, 2.24) is 0 Å². The summed E-state index contributed by atoms with van der Waals surface area (Å²) in [6.45, 7) is -0.766. The summed E-state index contributed by atoms with van der Waals surface area (Å²) in [6, 6.07) is 12.2. The van der Waals surface area contributed by atoms with Crippen molar-refractivity contribution in [2.45, 2.75) is 6.42 Å². The molecule has 2 aromatic carbocycles. The lowest BCUT2D eigenvalue weighted by Gasteiger charge is -2.20. The van der Waals surface area contributed by atoms with E-state index in [0.717, 1.165) is 0 Å². The average Bonchev–Trinajstić information content (AvgIpc) is 2.86. The summed E-state index contributed by atoms with van der Waals surface area (Å²) >= 11 is 0. The highest BCUT2D eigenvalue weighted by Gasteiger charge is 2.25. The first-order valence-electron chi connectivity index (χ1n) is 8.66. The van der Waals surface area contributed by atoms with Gasteiger partial charge in [-0.1, -0.05) is 18.2 Å². The van der Waals surface area contributed by atoms with E-state index in [4.69, 9.17) is 9.47 Å². The summed E-state index contributed by atoms with van der Waals surface area (Å²) in [5.41, 5.74) is 0.474. The number of carbonyl (C=O) groups is 3. The molecule has 0 radical (unpaired) electrons. The molecule has 10 nitrogen and oxygen atoms in total. The van der Waals surface area contributed by atoms with Crippen LogP contribution in [0.2, 0.25) is 0 Å². The molecule has 0 atom stereocenters. The van der Waals surface area contributed by atoms with Crippen molar-refractivity contribution in [2.75, 3.05) is 30.0 Å². The molecule has 1 N–H and O–H groups in total. The fraction of sp³-hybridized carbons (Fsp3) is 0.211. The van der Waals surface area contributed by atoms with Gasteiger partial charge in [0, 0.05) is 17.8 Å². The van der Waals surface area contributed by atoms with Gasteiger partial charge in [0.2, 0.25) is 5.91 Å². The van der Waals surface area contributed by atoms with Crippen molar-refractivity contribution in [1.29, 1.82) is 0 Å². The number of nitrogens with zero attached hydrogens (tertiary/aromatic N) is 2. The topological polar surface area (TPSA) is 128 Å². The highest BCUT2D eigenvalue weighted by molar-refractivity contribution is 6.00. The number of hydrogen-bond acceptors (Lipinski definition) is 7. The second-order valence-corrected chi connectivity index (χ2v) is 6.06. The summed E-state index contributed by atoms with van der Waals surface area (Å²) in [6.07, 6.45) is 0.106. The molecule has 1 aliphatic rings. The van der Waals surface area contributed by atoms with Gasteiger partial charge in [0.25, 0.3) is 11.6 Å². The van der Waals surface area contributed by atoms with Gasteiger partial charge in [-0.25, -0.2) is 0 Å². The highest BCUT2D eigenvalue weighted by atomic mass is 16.6. The van der Waals surface area contributed by atoms with Crippen LogP contribution in [-0.2, 0) is 19.1 Å². The van der Waals surface area contributed by atoms with E-state index in [0.29, 0.717) is 11.4 Å². The monoisotopic (exact) mass is 399 g/mol. The Bertz CT molecular complexity index is 960. The van der Waals surface area contributed by atoms with Gasteiger partial charge in [-0.3, -0.25) is 29.4 Å². The number of benzene rings is 2. The van der Waals surface area contributed by atoms with E-state index in [2.05, 4.69) is 5.32 Å². The van der Waals surface area contributed by atoms with Crippen LogP contribution in [0.4, 0.5) is 17.1 Å². The summed E-state index contributed by atoms with van der Waals surface area (Å²) in [7, 11) is 0. The van der Waals surface area contributed by atoms with Gasteiger partial charge in [0.05, 0.1) is 23.6 Å². The molecule has 2 aromatic rings. The minimum absolute atomic E-state index is 0.106. The summed E-state index contributed by atoms with van der Waals surface area (Å²) < 4.78 is 10.4. The van der Waals surface area contributed by atoms with E-state index in [9.17, 15) is 24.5 Å². The van der Waals surface area contributed by atoms with E-state index in [1.165, 1.54) is 29.2 Å². The van der Waals surface area contributed by atoms with Crippen molar-refractivity contribution in [3.05, 3.63) is 58.6 Å². The fourth-order valence-corrected chi connectivity index (χ4v) is 2.71. The van der Waals surface area contributed by atoms with Gasteiger partial charge in [-0.2, -0.15) is 0 Å². The van der Waals surface area contributed by atoms with Gasteiger partial charge >= 0.3 is 5.97 Å². The zero-order valence-corrected chi connectivity index (χ0v) is 15.2. The maximum Gasteiger partial charge on any atom is 0.326 e. The maximum atomic E-state index is 12.3.